The van der Waals surface area contributed by atoms with E-state index < -0.39 is 12.0 Å². The van der Waals surface area contributed by atoms with E-state index in [9.17, 15) is 9.90 Å². The Hall–Kier alpha value is -3.88. The summed E-state index contributed by atoms with van der Waals surface area (Å²) in [4.78, 5) is 11.2. The molecule has 1 amide bonds. The van der Waals surface area contributed by atoms with Crippen LogP contribution in [0.1, 0.15) is 29.8 Å². The number of carbonyl (C=O) groups excluding carboxylic acids is 1. The molecule has 4 aromatic rings. The van der Waals surface area contributed by atoms with Gasteiger partial charge in [-0.2, -0.15) is 5.10 Å². The second-order valence-electron chi connectivity index (χ2n) is 9.13. The number of ether oxygens (including phenoxy) is 2. The van der Waals surface area contributed by atoms with Gasteiger partial charge in [-0.3, -0.25) is 9.89 Å². The number of hydrogen-bond donors (Lipinski definition) is 4. The molecule has 0 fully saturated rings. The second kappa shape index (κ2) is 10.6. The van der Waals surface area contributed by atoms with Gasteiger partial charge in [0.2, 0.25) is 5.91 Å². The number of nitrogens with two attached hydrogens (primary N) is 1. The van der Waals surface area contributed by atoms with Crippen molar-refractivity contribution >= 4 is 16.8 Å². The van der Waals surface area contributed by atoms with Gasteiger partial charge in [-0.25, -0.2) is 0 Å². The van der Waals surface area contributed by atoms with Crippen LogP contribution in [-0.4, -0.2) is 46.0 Å². The maximum Gasteiger partial charge on any atom is 0.248 e. The van der Waals surface area contributed by atoms with Crippen molar-refractivity contribution in [3.63, 3.8) is 0 Å². The highest BCUT2D eigenvalue weighted by molar-refractivity contribution is 5.92. The summed E-state index contributed by atoms with van der Waals surface area (Å²) in [6, 6.07) is 20.2. The third-order valence-corrected chi connectivity index (χ3v) is 5.64. The molecule has 0 aliphatic heterocycles. The standard InChI is InChI=1S/C27H30N4O4/c1-27(2,29-15-20(32)17-34-25-5-3-4-24-23(25)16-30-31-24)14-18-6-10-21(11-7-18)35-22-12-8-19(9-13-22)26(28)33/h3-13,16,20,29,32H,14-15,17H2,1-2H3,(H2,28,33)(H,30,31)/t20-/m1/s1. The first-order valence-electron chi connectivity index (χ1n) is 11.4. The van der Waals surface area contributed by atoms with Gasteiger partial charge in [0.05, 0.1) is 17.1 Å². The van der Waals surface area contributed by atoms with Crippen molar-refractivity contribution in [1.82, 2.24) is 15.5 Å². The average molecular weight is 475 g/mol. The summed E-state index contributed by atoms with van der Waals surface area (Å²) in [7, 11) is 0. The zero-order chi connectivity index (χ0) is 24.8. The molecule has 5 N–H and O–H groups in total. The average Bonchev–Trinajstić information content (AvgIpc) is 3.32. The van der Waals surface area contributed by atoms with Crippen LogP contribution in [0.15, 0.2) is 72.9 Å². The monoisotopic (exact) mass is 474 g/mol. The van der Waals surface area contributed by atoms with Crippen LogP contribution in [0.5, 0.6) is 17.2 Å². The van der Waals surface area contributed by atoms with Crippen molar-refractivity contribution in [3.8, 4) is 17.2 Å². The minimum Gasteiger partial charge on any atom is -0.490 e. The molecule has 0 unspecified atom stereocenters. The number of aliphatic hydroxyl groups is 1. The Bertz CT molecular complexity index is 1270. The molecular formula is C27H30N4O4. The number of benzene rings is 3. The normalized spacial score (nSPS) is 12.4. The third kappa shape index (κ3) is 6.59. The fourth-order valence-electron chi connectivity index (χ4n) is 3.78. The first-order chi connectivity index (χ1) is 16.8. The van der Waals surface area contributed by atoms with Crippen molar-refractivity contribution in [3.05, 3.63) is 84.1 Å². The highest BCUT2D eigenvalue weighted by Gasteiger charge is 2.20. The van der Waals surface area contributed by atoms with Gasteiger partial charge in [-0.05, 0) is 74.4 Å². The van der Waals surface area contributed by atoms with Crippen LogP contribution in [0.3, 0.4) is 0 Å². The molecule has 3 aromatic carbocycles. The molecule has 182 valence electrons. The number of amides is 1. The Morgan fingerprint density at radius 3 is 2.46 bits per heavy atom. The number of hydrogen-bond acceptors (Lipinski definition) is 6. The van der Waals surface area contributed by atoms with Crippen LogP contribution in [-0.2, 0) is 6.42 Å². The van der Waals surface area contributed by atoms with E-state index in [0.717, 1.165) is 22.9 Å². The van der Waals surface area contributed by atoms with E-state index in [-0.39, 0.29) is 12.1 Å². The fourth-order valence-corrected chi connectivity index (χ4v) is 3.78. The molecule has 0 saturated carbocycles. The molecule has 1 aromatic heterocycles. The van der Waals surface area contributed by atoms with Gasteiger partial charge < -0.3 is 25.6 Å². The van der Waals surface area contributed by atoms with Gasteiger partial charge in [0.1, 0.15) is 30.0 Å². The van der Waals surface area contributed by atoms with Gasteiger partial charge in [-0.1, -0.05) is 18.2 Å². The Morgan fingerprint density at radius 2 is 1.77 bits per heavy atom. The number of H-pyrrole nitrogens is 1. The Balaban J connectivity index is 1.25. The Labute approximate surface area is 204 Å². The Morgan fingerprint density at radius 1 is 1.09 bits per heavy atom. The summed E-state index contributed by atoms with van der Waals surface area (Å²) in [6.45, 7) is 4.77. The lowest BCUT2D eigenvalue weighted by Crippen LogP contribution is -2.46. The highest BCUT2D eigenvalue weighted by atomic mass is 16.5. The topological polar surface area (TPSA) is 122 Å². The Kier molecular flexibility index (Phi) is 7.33. The second-order valence-corrected chi connectivity index (χ2v) is 9.13. The molecule has 35 heavy (non-hydrogen) atoms. The number of carbonyl (C=O) groups is 1. The fraction of sp³-hybridized carbons (Fsp3) is 0.259. The number of aromatic nitrogens is 2. The SMILES string of the molecule is CC(C)(Cc1ccc(Oc2ccc(C(N)=O)cc2)cc1)NC[C@@H](O)COc1cccc2[nH]ncc12. The predicted molar refractivity (Wildman–Crippen MR) is 135 cm³/mol. The molecular weight excluding hydrogens is 444 g/mol. The molecule has 8 nitrogen and oxygen atoms in total. The zero-order valence-electron chi connectivity index (χ0n) is 19.8. The van der Waals surface area contributed by atoms with Crippen LogP contribution in [0, 0.1) is 0 Å². The lowest BCUT2D eigenvalue weighted by Gasteiger charge is -2.28. The highest BCUT2D eigenvalue weighted by Crippen LogP contribution is 2.25. The molecule has 1 heterocycles. The van der Waals surface area contributed by atoms with E-state index in [1.807, 2.05) is 42.5 Å². The largest absolute Gasteiger partial charge is 0.490 e. The van der Waals surface area contributed by atoms with E-state index in [1.165, 1.54) is 0 Å². The van der Waals surface area contributed by atoms with Gasteiger partial charge in [0.25, 0.3) is 0 Å². The summed E-state index contributed by atoms with van der Waals surface area (Å²) in [6.07, 6.45) is 1.82. The summed E-state index contributed by atoms with van der Waals surface area (Å²) < 4.78 is 11.7. The molecule has 8 heteroatoms. The van der Waals surface area contributed by atoms with Crippen molar-refractivity contribution in [2.45, 2.75) is 31.9 Å². The minimum atomic E-state index is -0.659. The summed E-state index contributed by atoms with van der Waals surface area (Å²) >= 11 is 0. The number of primary amides is 1. The first-order valence-corrected chi connectivity index (χ1v) is 11.4. The number of fused-ring (bicyclic) bond motifs is 1. The zero-order valence-corrected chi connectivity index (χ0v) is 19.8. The number of rotatable bonds is 11. The molecule has 0 aliphatic carbocycles. The minimum absolute atomic E-state index is 0.180. The van der Waals surface area contributed by atoms with Crippen LogP contribution in [0.25, 0.3) is 10.9 Å². The van der Waals surface area contributed by atoms with E-state index in [1.54, 1.807) is 30.5 Å². The van der Waals surface area contributed by atoms with Crippen LogP contribution in [0.2, 0.25) is 0 Å². The predicted octanol–water partition coefficient (Wildman–Crippen LogP) is 3.80. The van der Waals surface area contributed by atoms with Crippen LogP contribution < -0.4 is 20.5 Å². The smallest absolute Gasteiger partial charge is 0.248 e. The van der Waals surface area contributed by atoms with E-state index in [2.05, 4.69) is 29.4 Å². The van der Waals surface area contributed by atoms with Gasteiger partial charge in [0, 0.05) is 17.6 Å². The molecule has 0 bridgehead atoms. The maximum absolute atomic E-state index is 11.2. The van der Waals surface area contributed by atoms with E-state index >= 15 is 0 Å². The van der Waals surface area contributed by atoms with Crippen molar-refractivity contribution in [1.29, 1.82) is 0 Å². The van der Waals surface area contributed by atoms with Crippen molar-refractivity contribution in [2.24, 2.45) is 5.73 Å². The van der Waals surface area contributed by atoms with E-state index in [4.69, 9.17) is 15.2 Å². The number of aliphatic hydroxyl groups excluding tert-OH is 1. The van der Waals surface area contributed by atoms with Crippen LogP contribution in [0.4, 0.5) is 0 Å². The number of nitrogens with one attached hydrogen (secondary N) is 2. The number of aromatic amines is 1. The molecule has 0 aliphatic rings. The molecule has 0 radical (unpaired) electrons. The number of nitrogens with zero attached hydrogens (tertiary/aromatic N) is 1. The molecule has 1 atom stereocenters. The first kappa shape index (κ1) is 24.3. The molecule has 0 saturated heterocycles. The summed E-state index contributed by atoms with van der Waals surface area (Å²) in [5.74, 6) is 1.56. The molecule has 4 rings (SSSR count). The van der Waals surface area contributed by atoms with Crippen molar-refractivity contribution < 1.29 is 19.4 Å². The van der Waals surface area contributed by atoms with Gasteiger partial charge in [0.15, 0.2) is 0 Å². The summed E-state index contributed by atoms with van der Waals surface area (Å²) in [5.41, 5.74) is 7.50. The maximum atomic E-state index is 11.2. The number of β-amino-alcohol motifs (C(OH)–C–C–N with tert-alkyl or cyclic N) is 1. The quantitative estimate of drug-likeness (QED) is 0.262. The third-order valence-electron chi connectivity index (χ3n) is 5.64. The van der Waals surface area contributed by atoms with Crippen molar-refractivity contribution in [2.75, 3.05) is 13.2 Å². The van der Waals surface area contributed by atoms with Gasteiger partial charge in [-0.15, -0.1) is 0 Å². The lowest BCUT2D eigenvalue weighted by molar-refractivity contribution is 0.0995. The van der Waals surface area contributed by atoms with Crippen LogP contribution >= 0.6 is 0 Å². The van der Waals surface area contributed by atoms with E-state index in [0.29, 0.717) is 29.4 Å². The summed E-state index contributed by atoms with van der Waals surface area (Å²) in [5, 5.41) is 21.7. The lowest BCUT2D eigenvalue weighted by atomic mass is 9.94. The van der Waals surface area contributed by atoms with Gasteiger partial charge >= 0.3 is 0 Å². The molecule has 0 spiro atoms.